The van der Waals surface area contributed by atoms with Crippen molar-refractivity contribution in [3.63, 3.8) is 0 Å². The van der Waals surface area contributed by atoms with Gasteiger partial charge in [-0.15, -0.1) is 0 Å². The lowest BCUT2D eigenvalue weighted by Crippen LogP contribution is -1.96. The summed E-state index contributed by atoms with van der Waals surface area (Å²) in [6.45, 7) is 7.61. The number of hydrogen-bond acceptors (Lipinski definition) is 0. The van der Waals surface area contributed by atoms with Crippen LogP contribution in [0, 0.1) is 6.92 Å². The lowest BCUT2D eigenvalue weighted by atomic mass is 10.3. The third-order valence-corrected chi connectivity index (χ3v) is 1.83. The van der Waals surface area contributed by atoms with Crippen LogP contribution in [0.2, 0.25) is 0 Å². The lowest BCUT2D eigenvalue weighted by molar-refractivity contribution is 0.721. The van der Waals surface area contributed by atoms with E-state index in [-0.39, 0.29) is 0 Å². The summed E-state index contributed by atoms with van der Waals surface area (Å²) in [5.41, 5.74) is 2.82. The average molecular weight is 137 g/mol. The Labute approximate surface area is 62.7 Å². The number of aryl methyl sites for hydroxylation is 3. The Kier molecular flexibility index (Phi) is 2.15. The summed E-state index contributed by atoms with van der Waals surface area (Å²) in [7, 11) is 0. The molecule has 56 valence electrons. The monoisotopic (exact) mass is 137 g/mol. The fourth-order valence-electron chi connectivity index (χ4n) is 1.31. The third-order valence-electron chi connectivity index (χ3n) is 1.83. The van der Waals surface area contributed by atoms with E-state index in [1.54, 1.807) is 0 Å². The molecule has 1 aromatic heterocycles. The van der Waals surface area contributed by atoms with E-state index < -0.39 is 0 Å². The molecule has 0 aliphatic heterocycles. The average Bonchev–Trinajstić information content (AvgIpc) is 2.30. The van der Waals surface area contributed by atoms with Gasteiger partial charge in [0.2, 0.25) is 0 Å². The van der Waals surface area contributed by atoms with Crippen molar-refractivity contribution in [3.05, 3.63) is 23.5 Å². The molecular formula is C9H15N. The Morgan fingerprint density at radius 1 is 1.40 bits per heavy atom. The summed E-state index contributed by atoms with van der Waals surface area (Å²) >= 11 is 0. The minimum Gasteiger partial charge on any atom is -0.351 e. The number of hydrogen-bond donors (Lipinski definition) is 0. The quantitative estimate of drug-likeness (QED) is 0.589. The van der Waals surface area contributed by atoms with Crippen LogP contribution in [0.3, 0.4) is 0 Å². The molecule has 0 aliphatic rings. The molecule has 0 saturated carbocycles. The molecule has 0 fully saturated rings. The summed E-state index contributed by atoms with van der Waals surface area (Å²) in [4.78, 5) is 0. The molecule has 1 nitrogen and oxygen atoms in total. The van der Waals surface area contributed by atoms with Crippen LogP contribution < -0.4 is 0 Å². The fraction of sp³-hybridized carbons (Fsp3) is 0.556. The van der Waals surface area contributed by atoms with Crippen LogP contribution in [0.15, 0.2) is 12.3 Å². The maximum atomic E-state index is 2.30. The highest BCUT2D eigenvalue weighted by Crippen LogP contribution is 2.07. The van der Waals surface area contributed by atoms with Gasteiger partial charge >= 0.3 is 0 Å². The highest BCUT2D eigenvalue weighted by atomic mass is 15.0. The number of rotatable bonds is 2. The maximum absolute atomic E-state index is 2.30. The molecule has 0 unspecified atom stereocenters. The molecule has 0 N–H and O–H groups in total. The van der Waals surface area contributed by atoms with Crippen LogP contribution in [0.1, 0.15) is 25.1 Å². The molecule has 0 aromatic carbocycles. The first-order chi connectivity index (χ1) is 4.77. The van der Waals surface area contributed by atoms with Crippen molar-refractivity contribution in [1.29, 1.82) is 0 Å². The minimum atomic E-state index is 1.09. The second-order valence-electron chi connectivity index (χ2n) is 2.65. The third kappa shape index (κ3) is 1.23. The Bertz CT molecular complexity index is 189. The van der Waals surface area contributed by atoms with Crippen LogP contribution in [0.5, 0.6) is 0 Å². The van der Waals surface area contributed by atoms with Gasteiger partial charge in [0.05, 0.1) is 0 Å². The highest BCUT2D eigenvalue weighted by Gasteiger charge is 1.97. The molecule has 10 heavy (non-hydrogen) atoms. The zero-order valence-electron chi connectivity index (χ0n) is 7.02. The van der Waals surface area contributed by atoms with E-state index in [4.69, 9.17) is 0 Å². The van der Waals surface area contributed by atoms with Crippen molar-refractivity contribution in [2.75, 3.05) is 0 Å². The summed E-state index contributed by atoms with van der Waals surface area (Å²) in [6, 6.07) is 2.25. The van der Waals surface area contributed by atoms with Crippen molar-refractivity contribution in [2.24, 2.45) is 0 Å². The molecule has 1 rings (SSSR count). The number of nitrogens with zero attached hydrogens (tertiary/aromatic N) is 1. The topological polar surface area (TPSA) is 4.93 Å². The van der Waals surface area contributed by atoms with Gasteiger partial charge in [0.1, 0.15) is 0 Å². The van der Waals surface area contributed by atoms with Crippen LogP contribution in [0.25, 0.3) is 0 Å². The fourth-order valence-corrected chi connectivity index (χ4v) is 1.31. The van der Waals surface area contributed by atoms with Gasteiger partial charge < -0.3 is 4.57 Å². The smallest absolute Gasteiger partial charge is 0.0193 e. The standard InChI is InChI=1S/C9H15N/c1-4-9-6-8(3)7-10(9)5-2/h6-7H,4-5H2,1-3H3. The minimum absolute atomic E-state index is 1.09. The van der Waals surface area contributed by atoms with Gasteiger partial charge in [-0.2, -0.15) is 0 Å². The molecule has 0 amide bonds. The molecule has 0 bridgehead atoms. The second kappa shape index (κ2) is 2.91. The van der Waals surface area contributed by atoms with E-state index in [1.807, 2.05) is 0 Å². The van der Waals surface area contributed by atoms with E-state index >= 15 is 0 Å². The Hall–Kier alpha value is -0.720. The van der Waals surface area contributed by atoms with Gasteiger partial charge in [-0.05, 0) is 31.9 Å². The zero-order chi connectivity index (χ0) is 7.56. The molecular weight excluding hydrogens is 122 g/mol. The maximum Gasteiger partial charge on any atom is 0.0193 e. The molecule has 1 heteroatoms. The highest BCUT2D eigenvalue weighted by molar-refractivity contribution is 5.16. The summed E-state index contributed by atoms with van der Waals surface area (Å²) in [5.74, 6) is 0. The molecule has 0 atom stereocenters. The van der Waals surface area contributed by atoms with Crippen LogP contribution in [-0.4, -0.2) is 4.57 Å². The van der Waals surface area contributed by atoms with Gasteiger partial charge in [-0.1, -0.05) is 6.92 Å². The van der Waals surface area contributed by atoms with Crippen LogP contribution >= 0.6 is 0 Å². The molecule has 0 saturated heterocycles. The first-order valence-corrected chi connectivity index (χ1v) is 3.93. The summed E-state index contributed by atoms with van der Waals surface area (Å²) in [5, 5.41) is 0. The summed E-state index contributed by atoms with van der Waals surface area (Å²) in [6.07, 6.45) is 3.35. The predicted molar refractivity (Wildman–Crippen MR) is 44.2 cm³/mol. The van der Waals surface area contributed by atoms with Crippen molar-refractivity contribution < 1.29 is 0 Å². The largest absolute Gasteiger partial charge is 0.351 e. The van der Waals surface area contributed by atoms with Crippen molar-refractivity contribution >= 4 is 0 Å². The predicted octanol–water partition coefficient (Wildman–Crippen LogP) is 2.38. The lowest BCUT2D eigenvalue weighted by Gasteiger charge is -2.01. The number of aromatic nitrogens is 1. The van der Waals surface area contributed by atoms with Gasteiger partial charge in [-0.25, -0.2) is 0 Å². The molecule has 0 aliphatic carbocycles. The molecule has 1 heterocycles. The van der Waals surface area contributed by atoms with Gasteiger partial charge in [0.25, 0.3) is 0 Å². The van der Waals surface area contributed by atoms with Crippen molar-refractivity contribution in [3.8, 4) is 0 Å². The SMILES string of the molecule is CCc1cc(C)cn1CC. The van der Waals surface area contributed by atoms with Crippen LogP contribution in [-0.2, 0) is 13.0 Å². The Balaban J connectivity index is 2.96. The van der Waals surface area contributed by atoms with E-state index in [1.165, 1.54) is 11.3 Å². The Morgan fingerprint density at radius 2 is 2.10 bits per heavy atom. The first-order valence-electron chi connectivity index (χ1n) is 3.93. The zero-order valence-corrected chi connectivity index (χ0v) is 7.02. The van der Waals surface area contributed by atoms with Crippen molar-refractivity contribution in [2.45, 2.75) is 33.7 Å². The Morgan fingerprint density at radius 3 is 2.50 bits per heavy atom. The molecule has 0 radical (unpaired) electrons. The van der Waals surface area contributed by atoms with Crippen LogP contribution in [0.4, 0.5) is 0 Å². The first kappa shape index (κ1) is 7.39. The van der Waals surface area contributed by atoms with Crippen molar-refractivity contribution in [1.82, 2.24) is 4.57 Å². The van der Waals surface area contributed by atoms with Gasteiger partial charge in [-0.3, -0.25) is 0 Å². The normalized spacial score (nSPS) is 10.3. The van der Waals surface area contributed by atoms with Gasteiger partial charge in [0.15, 0.2) is 0 Å². The van der Waals surface area contributed by atoms with E-state index in [0.717, 1.165) is 13.0 Å². The second-order valence-corrected chi connectivity index (χ2v) is 2.65. The van der Waals surface area contributed by atoms with Gasteiger partial charge in [0, 0.05) is 18.4 Å². The summed E-state index contributed by atoms with van der Waals surface area (Å²) < 4.78 is 2.30. The molecule has 0 spiro atoms. The van der Waals surface area contributed by atoms with E-state index in [2.05, 4.69) is 37.6 Å². The van der Waals surface area contributed by atoms with E-state index in [9.17, 15) is 0 Å². The van der Waals surface area contributed by atoms with E-state index in [0.29, 0.717) is 0 Å². The molecule has 1 aromatic rings.